The Balaban J connectivity index is 1.62. The van der Waals surface area contributed by atoms with E-state index in [0.717, 1.165) is 37.2 Å². The summed E-state index contributed by atoms with van der Waals surface area (Å²) >= 11 is 0. The van der Waals surface area contributed by atoms with Gasteiger partial charge in [0.05, 0.1) is 12.1 Å². The average molecular weight is 361 g/mol. The highest BCUT2D eigenvalue weighted by Crippen LogP contribution is 2.46. The maximum Gasteiger partial charge on any atom is 0.352 e. The van der Waals surface area contributed by atoms with Gasteiger partial charge in [-0.3, -0.25) is 4.57 Å². The minimum atomic E-state index is -0.924. The number of nitrogens with zero attached hydrogens (tertiary/aromatic N) is 3. The number of benzene rings is 1. The Kier molecular flexibility index (Phi) is 3.97. The normalized spacial score (nSPS) is 23.8. The van der Waals surface area contributed by atoms with Gasteiger partial charge in [0.1, 0.15) is 12.4 Å². The maximum absolute atomic E-state index is 13.3. The molecule has 7 heteroatoms. The van der Waals surface area contributed by atoms with Crippen LogP contribution >= 0.6 is 0 Å². The van der Waals surface area contributed by atoms with E-state index in [9.17, 15) is 13.6 Å². The van der Waals surface area contributed by atoms with E-state index in [1.807, 2.05) is 0 Å². The lowest BCUT2D eigenvalue weighted by molar-refractivity contribution is 0.290. The third-order valence-electron chi connectivity index (χ3n) is 5.67. The molecule has 138 valence electrons. The number of rotatable bonds is 4. The first kappa shape index (κ1) is 17.0. The maximum atomic E-state index is 13.3. The molecule has 2 aromatic rings. The molecule has 1 aromatic heterocycles. The summed E-state index contributed by atoms with van der Waals surface area (Å²) in [6.45, 7) is 4.98. The molecule has 5 nitrogen and oxygen atoms in total. The van der Waals surface area contributed by atoms with Crippen molar-refractivity contribution >= 4 is 5.82 Å². The fourth-order valence-electron chi connectivity index (χ4n) is 4.25. The van der Waals surface area contributed by atoms with Crippen molar-refractivity contribution in [3.8, 4) is 5.88 Å². The molecule has 0 amide bonds. The zero-order valence-electron chi connectivity index (χ0n) is 14.8. The van der Waals surface area contributed by atoms with Crippen molar-refractivity contribution in [2.45, 2.75) is 57.8 Å². The fourth-order valence-corrected chi connectivity index (χ4v) is 4.25. The summed E-state index contributed by atoms with van der Waals surface area (Å²) in [7, 11) is 0. The van der Waals surface area contributed by atoms with Crippen molar-refractivity contribution < 1.29 is 13.5 Å². The molecule has 0 radical (unpaired) electrons. The van der Waals surface area contributed by atoms with Crippen LogP contribution in [0.25, 0.3) is 0 Å². The monoisotopic (exact) mass is 361 g/mol. The van der Waals surface area contributed by atoms with Crippen molar-refractivity contribution in [2.75, 3.05) is 4.90 Å². The molecule has 2 unspecified atom stereocenters. The summed E-state index contributed by atoms with van der Waals surface area (Å²) in [6, 6.07) is 5.72. The van der Waals surface area contributed by atoms with Gasteiger partial charge in [-0.15, -0.1) is 0 Å². The van der Waals surface area contributed by atoms with Crippen LogP contribution in [0.2, 0.25) is 0 Å². The van der Waals surface area contributed by atoms with Crippen LogP contribution in [-0.4, -0.2) is 21.1 Å². The lowest BCUT2D eigenvalue weighted by atomic mass is 9.94. The summed E-state index contributed by atoms with van der Waals surface area (Å²) in [6.07, 6.45) is 3.11. The van der Waals surface area contributed by atoms with Gasteiger partial charge in [0, 0.05) is 12.1 Å². The van der Waals surface area contributed by atoms with Crippen molar-refractivity contribution in [1.29, 1.82) is 0 Å². The average Bonchev–Trinajstić information content (AvgIpc) is 3.12. The van der Waals surface area contributed by atoms with Crippen LogP contribution in [0.5, 0.6) is 5.88 Å². The molecule has 2 atom stereocenters. The van der Waals surface area contributed by atoms with E-state index in [4.69, 9.17) is 4.74 Å². The largest absolute Gasteiger partial charge is 0.473 e. The molecule has 0 saturated carbocycles. The van der Waals surface area contributed by atoms with Crippen molar-refractivity contribution in [3.63, 3.8) is 0 Å². The zero-order valence-corrected chi connectivity index (χ0v) is 14.8. The molecule has 0 N–H and O–H groups in total. The molecule has 0 aliphatic carbocycles. The summed E-state index contributed by atoms with van der Waals surface area (Å²) < 4.78 is 33.6. The first-order valence-electron chi connectivity index (χ1n) is 8.91. The van der Waals surface area contributed by atoms with E-state index < -0.39 is 11.6 Å². The molecule has 2 aliphatic rings. The minimum Gasteiger partial charge on any atom is -0.473 e. The second-order valence-corrected chi connectivity index (χ2v) is 7.19. The quantitative estimate of drug-likeness (QED) is 0.839. The number of anilines is 1. The molecular weight excluding hydrogens is 340 g/mol. The number of hydrogen-bond donors (Lipinski definition) is 0. The first-order chi connectivity index (χ1) is 12.4. The van der Waals surface area contributed by atoms with Crippen LogP contribution in [0, 0.1) is 11.6 Å². The lowest BCUT2D eigenvalue weighted by Crippen LogP contribution is -2.43. The molecule has 0 spiro atoms. The molecule has 2 aliphatic heterocycles. The highest BCUT2D eigenvalue weighted by atomic mass is 19.2. The van der Waals surface area contributed by atoms with Crippen LogP contribution in [0.1, 0.15) is 38.7 Å². The predicted octanol–water partition coefficient (Wildman–Crippen LogP) is 3.25. The van der Waals surface area contributed by atoms with Gasteiger partial charge in [0.25, 0.3) is 0 Å². The van der Waals surface area contributed by atoms with E-state index in [0.29, 0.717) is 18.2 Å². The topological polar surface area (TPSA) is 47.4 Å². The Morgan fingerprint density at radius 2 is 2.12 bits per heavy atom. The summed E-state index contributed by atoms with van der Waals surface area (Å²) in [4.78, 5) is 18.8. The van der Waals surface area contributed by atoms with Crippen LogP contribution < -0.4 is 15.3 Å². The number of hydrogen-bond acceptors (Lipinski definition) is 4. The van der Waals surface area contributed by atoms with Gasteiger partial charge in [0.2, 0.25) is 5.88 Å². The molecule has 4 rings (SSSR count). The predicted molar refractivity (Wildman–Crippen MR) is 93.4 cm³/mol. The summed E-state index contributed by atoms with van der Waals surface area (Å²) in [5.41, 5.74) is 0.118. The molecule has 0 bridgehead atoms. The van der Waals surface area contributed by atoms with Gasteiger partial charge in [-0.05, 0) is 43.9 Å². The van der Waals surface area contributed by atoms with Gasteiger partial charge in [-0.1, -0.05) is 13.0 Å². The molecule has 26 heavy (non-hydrogen) atoms. The number of ether oxygens (including phenoxy) is 1. The Hall–Kier alpha value is -2.44. The van der Waals surface area contributed by atoms with E-state index in [2.05, 4.69) is 23.7 Å². The van der Waals surface area contributed by atoms with Gasteiger partial charge in [-0.25, -0.2) is 13.6 Å². The van der Waals surface area contributed by atoms with Crippen LogP contribution in [0.4, 0.5) is 14.6 Å². The molecule has 1 aromatic carbocycles. The Bertz CT molecular complexity index is 914. The summed E-state index contributed by atoms with van der Waals surface area (Å²) in [5, 5.41) is 0. The minimum absolute atomic E-state index is 0.0154. The molecule has 1 fully saturated rings. The molecule has 1 saturated heterocycles. The van der Waals surface area contributed by atoms with Crippen molar-refractivity contribution in [2.24, 2.45) is 0 Å². The van der Waals surface area contributed by atoms with Gasteiger partial charge < -0.3 is 9.64 Å². The zero-order chi connectivity index (χ0) is 18.5. The summed E-state index contributed by atoms with van der Waals surface area (Å²) in [5.74, 6) is -0.789. The van der Waals surface area contributed by atoms with Crippen LogP contribution in [0.15, 0.2) is 29.1 Å². The second kappa shape index (κ2) is 6.07. The lowest BCUT2D eigenvalue weighted by Gasteiger charge is -2.34. The van der Waals surface area contributed by atoms with E-state index in [1.165, 1.54) is 6.07 Å². The van der Waals surface area contributed by atoms with E-state index in [1.54, 1.807) is 10.6 Å². The van der Waals surface area contributed by atoms with Crippen LogP contribution in [0.3, 0.4) is 0 Å². The Morgan fingerprint density at radius 3 is 2.85 bits per heavy atom. The number of halogens is 2. The Morgan fingerprint density at radius 1 is 1.31 bits per heavy atom. The standard InChI is InChI=1S/C19H21F2N3O2/c1-3-19-7-6-12(2)24(19)17-9-16(22-18(25)23(17)11-19)26-10-13-4-5-14(20)15(21)8-13/h4-5,8-9,12H,3,6-7,10-11H2,1-2H3. The number of fused-ring (bicyclic) bond motifs is 3. The first-order valence-corrected chi connectivity index (χ1v) is 8.91. The molecule has 3 heterocycles. The van der Waals surface area contributed by atoms with Gasteiger partial charge in [0.15, 0.2) is 11.6 Å². The highest BCUT2D eigenvalue weighted by molar-refractivity contribution is 5.52. The van der Waals surface area contributed by atoms with Crippen molar-refractivity contribution in [3.05, 3.63) is 51.9 Å². The SMILES string of the molecule is CCC12CCC(C)N1c1cc(OCc3ccc(F)c(F)c3)nc(=O)n1C2. The second-order valence-electron chi connectivity index (χ2n) is 7.19. The smallest absolute Gasteiger partial charge is 0.352 e. The van der Waals surface area contributed by atoms with Gasteiger partial charge in [-0.2, -0.15) is 4.98 Å². The van der Waals surface area contributed by atoms with Gasteiger partial charge >= 0.3 is 5.69 Å². The Labute approximate surface area is 150 Å². The van der Waals surface area contributed by atoms with Crippen molar-refractivity contribution in [1.82, 2.24) is 9.55 Å². The third kappa shape index (κ3) is 2.57. The molecular formula is C19H21F2N3O2. The van der Waals surface area contributed by atoms with Crippen LogP contribution in [-0.2, 0) is 13.2 Å². The highest BCUT2D eigenvalue weighted by Gasteiger charge is 2.49. The van der Waals surface area contributed by atoms with E-state index in [-0.39, 0.29) is 23.7 Å². The third-order valence-corrected chi connectivity index (χ3v) is 5.67. The number of aromatic nitrogens is 2. The van der Waals surface area contributed by atoms with E-state index >= 15 is 0 Å². The fraction of sp³-hybridized carbons (Fsp3) is 0.474.